The number of aryl methyl sites for hydroxylation is 1. The van der Waals surface area contributed by atoms with E-state index in [0.29, 0.717) is 17.0 Å². The van der Waals surface area contributed by atoms with Crippen molar-refractivity contribution in [1.29, 1.82) is 0 Å². The van der Waals surface area contributed by atoms with Crippen LogP contribution in [-0.2, 0) is 10.0 Å². The SMILES string of the molecule is COc1ccc(S(=O)(=O)NC2CC2)cc1NC(=O)c1ccc(C)cc1. The summed E-state index contributed by atoms with van der Waals surface area (Å²) >= 11 is 0. The van der Waals surface area contributed by atoms with Crippen molar-refractivity contribution in [3.05, 3.63) is 53.6 Å². The largest absolute Gasteiger partial charge is 0.495 e. The molecule has 1 amide bonds. The fourth-order valence-corrected chi connectivity index (χ4v) is 3.67. The molecule has 2 aromatic rings. The van der Waals surface area contributed by atoms with E-state index in [4.69, 9.17) is 4.74 Å². The lowest BCUT2D eigenvalue weighted by atomic mass is 10.1. The van der Waals surface area contributed by atoms with Crippen molar-refractivity contribution in [3.63, 3.8) is 0 Å². The highest BCUT2D eigenvalue weighted by Gasteiger charge is 2.28. The van der Waals surface area contributed by atoms with Gasteiger partial charge in [-0.05, 0) is 50.1 Å². The molecule has 2 N–H and O–H groups in total. The Labute approximate surface area is 147 Å². The minimum Gasteiger partial charge on any atom is -0.495 e. The van der Waals surface area contributed by atoms with Crippen LogP contribution in [0.15, 0.2) is 47.4 Å². The van der Waals surface area contributed by atoms with Gasteiger partial charge in [0, 0.05) is 11.6 Å². The first-order valence-electron chi connectivity index (χ1n) is 7.97. The molecule has 0 saturated heterocycles. The average molecular weight is 360 g/mol. The molecular formula is C18H20N2O4S. The van der Waals surface area contributed by atoms with Crippen LogP contribution in [0.2, 0.25) is 0 Å². The molecule has 0 radical (unpaired) electrons. The zero-order valence-corrected chi connectivity index (χ0v) is 14.9. The van der Waals surface area contributed by atoms with Crippen LogP contribution in [0.3, 0.4) is 0 Å². The topological polar surface area (TPSA) is 84.5 Å². The lowest BCUT2D eigenvalue weighted by Gasteiger charge is -2.13. The van der Waals surface area contributed by atoms with Crippen LogP contribution < -0.4 is 14.8 Å². The molecule has 2 aromatic carbocycles. The summed E-state index contributed by atoms with van der Waals surface area (Å²) < 4.78 is 32.6. The summed E-state index contributed by atoms with van der Waals surface area (Å²) in [7, 11) is -2.14. The molecule has 0 unspecified atom stereocenters. The van der Waals surface area contributed by atoms with E-state index in [2.05, 4.69) is 10.0 Å². The summed E-state index contributed by atoms with van der Waals surface area (Å²) in [5.74, 6) is 0.0637. The van der Waals surface area contributed by atoms with Crippen molar-refractivity contribution in [3.8, 4) is 5.75 Å². The van der Waals surface area contributed by atoms with Crippen molar-refractivity contribution in [1.82, 2.24) is 4.72 Å². The second-order valence-corrected chi connectivity index (χ2v) is 7.79. The molecule has 7 heteroatoms. The number of amides is 1. The molecule has 1 aliphatic rings. The number of carbonyl (C=O) groups excluding carboxylic acids is 1. The number of ether oxygens (including phenoxy) is 1. The molecule has 1 saturated carbocycles. The molecule has 1 fully saturated rings. The predicted molar refractivity (Wildman–Crippen MR) is 95.5 cm³/mol. The quantitative estimate of drug-likeness (QED) is 0.829. The number of methoxy groups -OCH3 is 1. The van der Waals surface area contributed by atoms with Crippen LogP contribution in [-0.4, -0.2) is 27.5 Å². The maximum Gasteiger partial charge on any atom is 0.255 e. The number of nitrogens with one attached hydrogen (secondary N) is 2. The lowest BCUT2D eigenvalue weighted by molar-refractivity contribution is 0.102. The molecule has 3 rings (SSSR count). The van der Waals surface area contributed by atoms with Crippen molar-refractivity contribution in [2.24, 2.45) is 0 Å². The van der Waals surface area contributed by atoms with Crippen LogP contribution in [0.25, 0.3) is 0 Å². The molecule has 0 aliphatic heterocycles. The Hall–Kier alpha value is -2.38. The Morgan fingerprint density at radius 3 is 2.40 bits per heavy atom. The van der Waals surface area contributed by atoms with Crippen LogP contribution in [0.1, 0.15) is 28.8 Å². The molecule has 0 heterocycles. The number of hydrogen-bond donors (Lipinski definition) is 2. The summed E-state index contributed by atoms with van der Waals surface area (Å²) in [6.07, 6.45) is 1.71. The summed E-state index contributed by atoms with van der Waals surface area (Å²) in [5, 5.41) is 2.72. The molecule has 0 spiro atoms. The Morgan fingerprint density at radius 2 is 1.80 bits per heavy atom. The number of anilines is 1. The van der Waals surface area contributed by atoms with E-state index in [1.54, 1.807) is 12.1 Å². The van der Waals surface area contributed by atoms with Gasteiger partial charge in [-0.3, -0.25) is 4.79 Å². The highest BCUT2D eigenvalue weighted by atomic mass is 32.2. The van der Waals surface area contributed by atoms with Gasteiger partial charge in [-0.1, -0.05) is 17.7 Å². The Bertz CT molecular complexity index is 888. The van der Waals surface area contributed by atoms with Crippen molar-refractivity contribution in [2.75, 3.05) is 12.4 Å². The maximum absolute atomic E-state index is 12.4. The second kappa shape index (κ2) is 6.85. The third-order valence-corrected chi connectivity index (χ3v) is 5.46. The minimum absolute atomic E-state index is 0.0118. The molecule has 0 atom stereocenters. The lowest BCUT2D eigenvalue weighted by Crippen LogP contribution is -2.25. The van der Waals surface area contributed by atoms with Crippen molar-refractivity contribution in [2.45, 2.75) is 30.7 Å². The number of rotatable bonds is 6. The van der Waals surface area contributed by atoms with Crippen LogP contribution >= 0.6 is 0 Å². The van der Waals surface area contributed by atoms with Gasteiger partial charge in [0.05, 0.1) is 17.7 Å². The van der Waals surface area contributed by atoms with E-state index in [-0.39, 0.29) is 16.8 Å². The van der Waals surface area contributed by atoms with Crippen molar-refractivity contribution >= 4 is 21.6 Å². The fourth-order valence-electron chi connectivity index (χ4n) is 2.34. The van der Waals surface area contributed by atoms with Gasteiger partial charge < -0.3 is 10.1 Å². The molecule has 6 nitrogen and oxygen atoms in total. The predicted octanol–water partition coefficient (Wildman–Crippen LogP) is 2.70. The van der Waals surface area contributed by atoms with Gasteiger partial charge in [0.15, 0.2) is 0 Å². The second-order valence-electron chi connectivity index (χ2n) is 6.08. The van der Waals surface area contributed by atoms with Gasteiger partial charge in [0.1, 0.15) is 5.75 Å². The van der Waals surface area contributed by atoms with E-state index in [1.165, 1.54) is 25.3 Å². The number of sulfonamides is 1. The molecular weight excluding hydrogens is 340 g/mol. The van der Waals surface area contributed by atoms with E-state index < -0.39 is 10.0 Å². The standard InChI is InChI=1S/C18H20N2O4S/c1-12-3-5-13(6-4-12)18(21)19-16-11-15(9-10-17(16)24-2)25(22,23)20-14-7-8-14/h3-6,9-11,14,20H,7-8H2,1-2H3,(H,19,21). The third-order valence-electron chi connectivity index (χ3n) is 3.94. The molecule has 132 valence electrons. The maximum atomic E-state index is 12.4. The van der Waals surface area contributed by atoms with Crippen LogP contribution in [0, 0.1) is 6.92 Å². The zero-order chi connectivity index (χ0) is 18.0. The van der Waals surface area contributed by atoms with Crippen molar-refractivity contribution < 1.29 is 17.9 Å². The fraction of sp³-hybridized carbons (Fsp3) is 0.278. The highest BCUT2D eigenvalue weighted by Crippen LogP contribution is 2.29. The van der Waals surface area contributed by atoms with Crippen LogP contribution in [0.4, 0.5) is 5.69 Å². The average Bonchev–Trinajstić information content (AvgIpc) is 3.38. The van der Waals surface area contributed by atoms with E-state index in [1.807, 2.05) is 19.1 Å². The number of benzene rings is 2. The van der Waals surface area contributed by atoms with Crippen LogP contribution in [0.5, 0.6) is 5.75 Å². The van der Waals surface area contributed by atoms with Gasteiger partial charge in [-0.25, -0.2) is 13.1 Å². The molecule has 0 bridgehead atoms. The van der Waals surface area contributed by atoms with Gasteiger partial charge >= 0.3 is 0 Å². The first kappa shape index (κ1) is 17.4. The van der Waals surface area contributed by atoms with Gasteiger partial charge in [-0.2, -0.15) is 0 Å². The van der Waals surface area contributed by atoms with E-state index in [9.17, 15) is 13.2 Å². The monoisotopic (exact) mass is 360 g/mol. The zero-order valence-electron chi connectivity index (χ0n) is 14.1. The Balaban J connectivity index is 1.87. The Morgan fingerprint density at radius 1 is 1.12 bits per heavy atom. The summed E-state index contributed by atoms with van der Waals surface area (Å²) in [6.45, 7) is 1.94. The smallest absolute Gasteiger partial charge is 0.255 e. The van der Waals surface area contributed by atoms with Gasteiger partial charge in [-0.15, -0.1) is 0 Å². The van der Waals surface area contributed by atoms with E-state index >= 15 is 0 Å². The van der Waals surface area contributed by atoms with Gasteiger partial charge in [0.25, 0.3) is 5.91 Å². The highest BCUT2D eigenvalue weighted by molar-refractivity contribution is 7.89. The molecule has 0 aromatic heterocycles. The molecule has 25 heavy (non-hydrogen) atoms. The minimum atomic E-state index is -3.61. The Kier molecular flexibility index (Phi) is 4.78. The van der Waals surface area contributed by atoms with E-state index in [0.717, 1.165) is 18.4 Å². The first-order chi connectivity index (χ1) is 11.9. The number of hydrogen-bond acceptors (Lipinski definition) is 4. The van der Waals surface area contributed by atoms with Gasteiger partial charge in [0.2, 0.25) is 10.0 Å². The molecule has 1 aliphatic carbocycles. The first-order valence-corrected chi connectivity index (χ1v) is 9.46. The number of carbonyl (C=O) groups is 1. The third kappa shape index (κ3) is 4.18. The normalized spacial score (nSPS) is 14.2. The summed E-state index contributed by atoms with van der Waals surface area (Å²) in [4.78, 5) is 12.5. The summed E-state index contributed by atoms with van der Waals surface area (Å²) in [6, 6.07) is 11.5. The summed E-state index contributed by atoms with van der Waals surface area (Å²) in [5.41, 5.74) is 1.84.